The topological polar surface area (TPSA) is 89.1 Å². The molecule has 0 aromatic heterocycles. The molecule has 0 radical (unpaired) electrons. The second-order valence-corrected chi connectivity index (χ2v) is 6.30. The molecule has 0 saturated heterocycles. The molecule has 0 unspecified atom stereocenters. The molecule has 8 nitrogen and oxygen atoms in total. The molecule has 150 valence electrons. The number of thiol groups is 1. The van der Waals surface area contributed by atoms with Gasteiger partial charge in [0.15, 0.2) is 0 Å². The van der Waals surface area contributed by atoms with Crippen LogP contribution in [0.3, 0.4) is 0 Å². The molecule has 28 heavy (non-hydrogen) atoms. The summed E-state index contributed by atoms with van der Waals surface area (Å²) in [4.78, 5) is 23.9. The first kappa shape index (κ1) is 21.5. The highest BCUT2D eigenvalue weighted by molar-refractivity contribution is 7.82. The number of nitrogens with one attached hydrogen (secondary N) is 2. The minimum absolute atomic E-state index is 0.241. The lowest BCUT2D eigenvalue weighted by atomic mass is 10.2. The molecule has 10 heteroatoms. The van der Waals surface area contributed by atoms with E-state index >= 15 is 0 Å². The number of hydrogen-bond acceptors (Lipinski definition) is 6. The Hall–Kier alpha value is -2.78. The first-order valence-electron chi connectivity index (χ1n) is 7.97. The summed E-state index contributed by atoms with van der Waals surface area (Å²) in [5.74, 6) is 0.923. The molecule has 0 aliphatic carbocycles. The number of ether oxygens (including phenoxy) is 3. The molecule has 0 heterocycles. The first-order valence-corrected chi connectivity index (χ1v) is 8.75. The van der Waals surface area contributed by atoms with Crippen molar-refractivity contribution in [1.29, 1.82) is 0 Å². The molecule has 2 aromatic carbocycles. The van der Waals surface area contributed by atoms with Gasteiger partial charge >= 0.3 is 6.03 Å². The third-order valence-corrected chi connectivity index (χ3v) is 4.36. The third-order valence-electron chi connectivity index (χ3n) is 3.65. The Morgan fingerprint density at radius 1 is 0.929 bits per heavy atom. The number of benzene rings is 2. The van der Waals surface area contributed by atoms with Gasteiger partial charge in [0.25, 0.3) is 0 Å². The lowest BCUT2D eigenvalue weighted by molar-refractivity contribution is -0.114. The zero-order chi connectivity index (χ0) is 20.8. The molecule has 2 aromatic rings. The number of rotatable bonds is 6. The second-order valence-electron chi connectivity index (χ2n) is 5.49. The van der Waals surface area contributed by atoms with Crippen molar-refractivity contribution in [2.75, 3.05) is 36.3 Å². The number of carbonyl (C=O) groups excluding carboxylic acids is 2. The summed E-state index contributed by atoms with van der Waals surface area (Å²) in [7, 11) is 4.40. The molecule has 3 amide bonds. The van der Waals surface area contributed by atoms with Gasteiger partial charge in [-0.05, 0) is 18.2 Å². The summed E-state index contributed by atoms with van der Waals surface area (Å²) in [5.41, 5.74) is 1.24. The first-order chi connectivity index (χ1) is 13.3. The largest absolute Gasteiger partial charge is 0.495 e. The summed E-state index contributed by atoms with van der Waals surface area (Å²) in [5, 5.41) is 5.62. The van der Waals surface area contributed by atoms with Gasteiger partial charge in [-0.2, -0.15) is 0 Å². The van der Waals surface area contributed by atoms with E-state index in [9.17, 15) is 9.59 Å². The summed E-state index contributed by atoms with van der Waals surface area (Å²) in [6.45, 7) is 1.39. The minimum Gasteiger partial charge on any atom is -0.495 e. The molecule has 0 aliphatic heterocycles. The smallest absolute Gasteiger partial charge is 0.336 e. The predicted molar refractivity (Wildman–Crippen MR) is 112 cm³/mol. The van der Waals surface area contributed by atoms with Gasteiger partial charge in [-0.1, -0.05) is 24.4 Å². The number of urea groups is 1. The van der Waals surface area contributed by atoms with E-state index in [0.717, 1.165) is 4.31 Å². The van der Waals surface area contributed by atoms with E-state index in [2.05, 4.69) is 23.4 Å². The van der Waals surface area contributed by atoms with Crippen LogP contribution in [0.25, 0.3) is 0 Å². The second kappa shape index (κ2) is 9.43. The fraction of sp³-hybridized carbons (Fsp3) is 0.222. The van der Waals surface area contributed by atoms with Crippen molar-refractivity contribution in [3.8, 4) is 17.2 Å². The number of methoxy groups -OCH3 is 3. The molecule has 2 N–H and O–H groups in total. The van der Waals surface area contributed by atoms with Crippen LogP contribution in [-0.2, 0) is 4.79 Å². The average Bonchev–Trinajstić information content (AvgIpc) is 2.67. The van der Waals surface area contributed by atoms with Gasteiger partial charge in [-0.15, -0.1) is 0 Å². The fourth-order valence-corrected chi connectivity index (χ4v) is 2.76. The van der Waals surface area contributed by atoms with Crippen LogP contribution in [-0.4, -0.2) is 33.3 Å². The Balaban J connectivity index is 2.25. The molecule has 0 saturated carbocycles. The summed E-state index contributed by atoms with van der Waals surface area (Å²) >= 11 is 10.4. The number of nitrogens with zero attached hydrogens (tertiary/aromatic N) is 1. The normalized spacial score (nSPS) is 10.1. The van der Waals surface area contributed by atoms with E-state index in [0.29, 0.717) is 39.3 Å². The lowest BCUT2D eigenvalue weighted by Crippen LogP contribution is -2.27. The summed E-state index contributed by atoms with van der Waals surface area (Å²) in [6, 6.07) is 7.30. The predicted octanol–water partition coefficient (Wildman–Crippen LogP) is 4.21. The van der Waals surface area contributed by atoms with Crippen LogP contribution < -0.4 is 29.1 Å². The number of halogens is 1. The molecule has 0 bridgehead atoms. The minimum atomic E-state index is -0.558. The Kier molecular flexibility index (Phi) is 7.24. The maximum Gasteiger partial charge on any atom is 0.336 e. The van der Waals surface area contributed by atoms with Crippen LogP contribution in [0.1, 0.15) is 6.92 Å². The van der Waals surface area contributed by atoms with Crippen molar-refractivity contribution in [2.45, 2.75) is 6.92 Å². The maximum absolute atomic E-state index is 12.6. The summed E-state index contributed by atoms with van der Waals surface area (Å²) < 4.78 is 16.7. The van der Waals surface area contributed by atoms with Crippen LogP contribution >= 0.6 is 24.4 Å². The Morgan fingerprint density at radius 3 is 2.11 bits per heavy atom. The maximum atomic E-state index is 12.6. The van der Waals surface area contributed by atoms with Gasteiger partial charge in [-0.25, -0.2) is 9.10 Å². The van der Waals surface area contributed by atoms with Gasteiger partial charge in [0, 0.05) is 19.1 Å². The standard InChI is InChI=1S/C18H20ClN3O5S/c1-10(23)20-13-6-5-11(7-16(13)26-3)22(28)18(24)21-14-8-12(19)15(25-2)9-17(14)27-4/h5-9,28H,1-4H3,(H,20,23)(H,21,24). The zero-order valence-corrected chi connectivity index (χ0v) is 17.4. The van der Waals surface area contributed by atoms with Crippen LogP contribution in [0.4, 0.5) is 21.9 Å². The lowest BCUT2D eigenvalue weighted by Gasteiger charge is -2.20. The van der Waals surface area contributed by atoms with Crippen molar-refractivity contribution in [2.24, 2.45) is 0 Å². The molecule has 2 rings (SSSR count). The Bertz CT molecular complexity index is 894. The zero-order valence-electron chi connectivity index (χ0n) is 15.7. The molecule has 0 fully saturated rings. The van der Waals surface area contributed by atoms with Crippen LogP contribution in [0.15, 0.2) is 30.3 Å². The number of amides is 3. The van der Waals surface area contributed by atoms with Crippen LogP contribution in [0.5, 0.6) is 17.2 Å². The van der Waals surface area contributed by atoms with Crippen molar-refractivity contribution in [3.63, 3.8) is 0 Å². The highest BCUT2D eigenvalue weighted by Gasteiger charge is 2.18. The van der Waals surface area contributed by atoms with E-state index in [1.54, 1.807) is 24.3 Å². The average molecular weight is 426 g/mol. The van der Waals surface area contributed by atoms with Gasteiger partial charge in [0.1, 0.15) is 17.2 Å². The van der Waals surface area contributed by atoms with Gasteiger partial charge < -0.3 is 24.8 Å². The SMILES string of the molecule is COc1cc(OC)c(NC(=O)N(S)c2ccc(NC(C)=O)c(OC)c2)cc1Cl. The Labute approximate surface area is 173 Å². The van der Waals surface area contributed by atoms with Crippen molar-refractivity contribution in [1.82, 2.24) is 0 Å². The van der Waals surface area contributed by atoms with E-state index in [1.807, 2.05) is 0 Å². The van der Waals surface area contributed by atoms with E-state index in [1.165, 1.54) is 34.3 Å². The molecule has 0 atom stereocenters. The monoisotopic (exact) mass is 425 g/mol. The Morgan fingerprint density at radius 2 is 1.54 bits per heavy atom. The van der Waals surface area contributed by atoms with E-state index in [4.69, 9.17) is 25.8 Å². The molecular weight excluding hydrogens is 406 g/mol. The number of anilines is 3. The van der Waals surface area contributed by atoms with E-state index < -0.39 is 6.03 Å². The molecular formula is C18H20ClN3O5S. The number of hydrogen-bond donors (Lipinski definition) is 3. The number of carbonyl (C=O) groups is 2. The van der Waals surface area contributed by atoms with Gasteiger partial charge in [-0.3, -0.25) is 4.79 Å². The highest BCUT2D eigenvalue weighted by atomic mass is 35.5. The quantitative estimate of drug-likeness (QED) is 0.603. The molecule has 0 spiro atoms. The fourth-order valence-electron chi connectivity index (χ4n) is 2.35. The van der Waals surface area contributed by atoms with Crippen LogP contribution in [0.2, 0.25) is 5.02 Å². The van der Waals surface area contributed by atoms with Crippen molar-refractivity contribution < 1.29 is 23.8 Å². The highest BCUT2D eigenvalue weighted by Crippen LogP contribution is 2.36. The third kappa shape index (κ3) is 4.93. The van der Waals surface area contributed by atoms with Gasteiger partial charge in [0.2, 0.25) is 5.91 Å². The van der Waals surface area contributed by atoms with Gasteiger partial charge in [0.05, 0.1) is 43.4 Å². The summed E-state index contributed by atoms with van der Waals surface area (Å²) in [6.07, 6.45) is 0. The molecule has 0 aliphatic rings. The van der Waals surface area contributed by atoms with Crippen molar-refractivity contribution in [3.05, 3.63) is 35.4 Å². The van der Waals surface area contributed by atoms with Crippen LogP contribution in [0, 0.1) is 0 Å². The van der Waals surface area contributed by atoms with E-state index in [-0.39, 0.29) is 5.91 Å². The van der Waals surface area contributed by atoms with Crippen molar-refractivity contribution >= 4 is 53.4 Å².